The second kappa shape index (κ2) is 7.75. The lowest BCUT2D eigenvalue weighted by Crippen LogP contribution is -2.37. The van der Waals surface area contributed by atoms with Gasteiger partial charge in [-0.25, -0.2) is 0 Å². The van der Waals surface area contributed by atoms with Crippen molar-refractivity contribution in [3.05, 3.63) is 70.4 Å². The Morgan fingerprint density at radius 3 is 2.85 bits per heavy atom. The SMILES string of the molecule is CCc1c(C(=O)NC2CCN(Cc3ccccc3)C2)[nH]c2ccc(Cl)cc12. The van der Waals surface area contributed by atoms with Crippen LogP contribution in [0.4, 0.5) is 0 Å². The van der Waals surface area contributed by atoms with Gasteiger partial charge in [0, 0.05) is 41.6 Å². The minimum Gasteiger partial charge on any atom is -0.350 e. The number of nitrogens with zero attached hydrogens (tertiary/aromatic N) is 1. The predicted molar refractivity (Wildman–Crippen MR) is 110 cm³/mol. The van der Waals surface area contributed by atoms with Crippen LogP contribution in [0.15, 0.2) is 48.5 Å². The molecule has 27 heavy (non-hydrogen) atoms. The highest BCUT2D eigenvalue weighted by Crippen LogP contribution is 2.26. The molecule has 1 aliphatic rings. The Kier molecular flexibility index (Phi) is 5.19. The first-order valence-corrected chi connectivity index (χ1v) is 9.89. The highest BCUT2D eigenvalue weighted by molar-refractivity contribution is 6.31. The number of aromatic amines is 1. The number of aromatic nitrogens is 1. The number of carbonyl (C=O) groups excluding carboxylic acids is 1. The summed E-state index contributed by atoms with van der Waals surface area (Å²) in [6, 6.07) is 16.4. The molecule has 0 saturated carbocycles. The molecule has 4 rings (SSSR count). The molecule has 3 aromatic rings. The number of H-pyrrole nitrogens is 1. The van der Waals surface area contributed by atoms with Crippen LogP contribution in [0.1, 0.15) is 35.0 Å². The van der Waals surface area contributed by atoms with Gasteiger partial charge in [0.25, 0.3) is 5.91 Å². The van der Waals surface area contributed by atoms with E-state index in [1.54, 1.807) is 0 Å². The zero-order valence-electron chi connectivity index (χ0n) is 15.5. The summed E-state index contributed by atoms with van der Waals surface area (Å²) in [5.74, 6) is -0.0225. The smallest absolute Gasteiger partial charge is 0.268 e. The van der Waals surface area contributed by atoms with Crippen molar-refractivity contribution in [1.29, 1.82) is 0 Å². The quantitative estimate of drug-likeness (QED) is 0.688. The van der Waals surface area contributed by atoms with E-state index >= 15 is 0 Å². The summed E-state index contributed by atoms with van der Waals surface area (Å²) in [6.45, 7) is 4.88. The molecule has 1 aromatic heterocycles. The van der Waals surface area contributed by atoms with Crippen LogP contribution in [0, 0.1) is 0 Å². The van der Waals surface area contributed by atoms with Crippen LogP contribution in [0.3, 0.4) is 0 Å². The molecule has 1 atom stereocenters. The summed E-state index contributed by atoms with van der Waals surface area (Å²) in [4.78, 5) is 18.6. The number of carbonyl (C=O) groups is 1. The van der Waals surface area contributed by atoms with Gasteiger partial charge < -0.3 is 10.3 Å². The molecule has 0 radical (unpaired) electrons. The number of hydrogen-bond acceptors (Lipinski definition) is 2. The van der Waals surface area contributed by atoms with E-state index in [1.165, 1.54) is 5.56 Å². The third kappa shape index (κ3) is 3.87. The summed E-state index contributed by atoms with van der Waals surface area (Å²) in [7, 11) is 0. The van der Waals surface area contributed by atoms with Crippen molar-refractivity contribution < 1.29 is 4.79 Å². The van der Waals surface area contributed by atoms with Gasteiger partial charge in [-0.2, -0.15) is 0 Å². The van der Waals surface area contributed by atoms with E-state index in [0.29, 0.717) is 10.7 Å². The predicted octanol–water partition coefficient (Wildman–Crippen LogP) is 4.39. The molecule has 140 valence electrons. The Bertz CT molecular complexity index is 951. The molecule has 1 saturated heterocycles. The lowest BCUT2D eigenvalue weighted by atomic mass is 10.1. The summed E-state index contributed by atoms with van der Waals surface area (Å²) in [5.41, 5.74) is 3.96. The third-order valence-electron chi connectivity index (χ3n) is 5.31. The van der Waals surface area contributed by atoms with E-state index in [2.05, 4.69) is 46.4 Å². The summed E-state index contributed by atoms with van der Waals surface area (Å²) < 4.78 is 0. The Labute approximate surface area is 164 Å². The van der Waals surface area contributed by atoms with Crippen LogP contribution < -0.4 is 5.32 Å². The van der Waals surface area contributed by atoms with Crippen molar-refractivity contribution in [3.63, 3.8) is 0 Å². The van der Waals surface area contributed by atoms with Gasteiger partial charge in [-0.15, -0.1) is 0 Å². The second-order valence-electron chi connectivity index (χ2n) is 7.20. The van der Waals surface area contributed by atoms with E-state index in [1.807, 2.05) is 24.3 Å². The Morgan fingerprint density at radius 1 is 1.26 bits per heavy atom. The van der Waals surface area contributed by atoms with Gasteiger partial charge in [0.1, 0.15) is 5.69 Å². The number of aryl methyl sites for hydroxylation is 1. The Morgan fingerprint density at radius 2 is 2.07 bits per heavy atom. The van der Waals surface area contributed by atoms with Crippen molar-refractivity contribution in [2.75, 3.05) is 13.1 Å². The number of benzene rings is 2. The topological polar surface area (TPSA) is 48.1 Å². The number of amides is 1. The van der Waals surface area contributed by atoms with Gasteiger partial charge in [0.2, 0.25) is 0 Å². The number of nitrogens with one attached hydrogen (secondary N) is 2. The number of rotatable bonds is 5. The summed E-state index contributed by atoms with van der Waals surface area (Å²) in [6.07, 6.45) is 1.76. The molecule has 1 fully saturated rings. The number of hydrogen-bond donors (Lipinski definition) is 2. The van der Waals surface area contributed by atoms with Crippen molar-refractivity contribution >= 4 is 28.4 Å². The zero-order chi connectivity index (χ0) is 18.8. The maximum atomic E-state index is 12.9. The minimum absolute atomic E-state index is 0.0225. The molecule has 2 heterocycles. The molecular weight excluding hydrogens is 358 g/mol. The van der Waals surface area contributed by atoms with E-state index in [9.17, 15) is 4.79 Å². The molecule has 1 amide bonds. The standard InChI is InChI=1S/C22H24ClN3O/c1-2-18-19-12-16(23)8-9-20(19)25-21(18)22(27)24-17-10-11-26(14-17)13-15-6-4-3-5-7-15/h3-9,12,17,25H,2,10-11,13-14H2,1H3,(H,24,27). The van der Waals surface area contributed by atoms with Crippen LogP contribution in [0.2, 0.25) is 5.02 Å². The van der Waals surface area contributed by atoms with Crippen molar-refractivity contribution in [3.8, 4) is 0 Å². The maximum absolute atomic E-state index is 12.9. The molecule has 0 spiro atoms. The molecular formula is C22H24ClN3O. The average Bonchev–Trinajstić information content (AvgIpc) is 3.26. The van der Waals surface area contributed by atoms with E-state index in [4.69, 9.17) is 11.6 Å². The van der Waals surface area contributed by atoms with Gasteiger partial charge in [-0.1, -0.05) is 48.9 Å². The first-order chi connectivity index (χ1) is 13.1. The molecule has 2 N–H and O–H groups in total. The van der Waals surface area contributed by atoms with Crippen LogP contribution in [0.25, 0.3) is 10.9 Å². The fraction of sp³-hybridized carbons (Fsp3) is 0.318. The van der Waals surface area contributed by atoms with Gasteiger partial charge in [-0.3, -0.25) is 9.69 Å². The normalized spacial score (nSPS) is 17.5. The van der Waals surface area contributed by atoms with Crippen molar-refractivity contribution in [1.82, 2.24) is 15.2 Å². The Balaban J connectivity index is 1.44. The van der Waals surface area contributed by atoms with Gasteiger partial charge in [-0.05, 0) is 42.2 Å². The number of likely N-dealkylation sites (tertiary alicyclic amines) is 1. The van der Waals surface area contributed by atoms with Crippen LogP contribution in [-0.2, 0) is 13.0 Å². The van der Waals surface area contributed by atoms with Crippen molar-refractivity contribution in [2.24, 2.45) is 0 Å². The minimum atomic E-state index is -0.0225. The lowest BCUT2D eigenvalue weighted by molar-refractivity contribution is 0.0932. The third-order valence-corrected chi connectivity index (χ3v) is 5.54. The van der Waals surface area contributed by atoms with E-state index in [0.717, 1.165) is 48.9 Å². The maximum Gasteiger partial charge on any atom is 0.268 e. The highest BCUT2D eigenvalue weighted by atomic mass is 35.5. The first-order valence-electron chi connectivity index (χ1n) is 9.51. The van der Waals surface area contributed by atoms with Crippen LogP contribution in [-0.4, -0.2) is 34.9 Å². The highest BCUT2D eigenvalue weighted by Gasteiger charge is 2.26. The van der Waals surface area contributed by atoms with Gasteiger partial charge in [0.15, 0.2) is 0 Å². The molecule has 4 nitrogen and oxygen atoms in total. The van der Waals surface area contributed by atoms with Gasteiger partial charge >= 0.3 is 0 Å². The fourth-order valence-electron chi connectivity index (χ4n) is 3.97. The average molecular weight is 382 g/mol. The fourth-order valence-corrected chi connectivity index (χ4v) is 4.15. The molecule has 0 bridgehead atoms. The van der Waals surface area contributed by atoms with E-state index in [-0.39, 0.29) is 11.9 Å². The van der Waals surface area contributed by atoms with Gasteiger partial charge in [0.05, 0.1) is 0 Å². The van der Waals surface area contributed by atoms with E-state index < -0.39 is 0 Å². The number of fused-ring (bicyclic) bond motifs is 1. The monoisotopic (exact) mass is 381 g/mol. The van der Waals surface area contributed by atoms with Crippen molar-refractivity contribution in [2.45, 2.75) is 32.4 Å². The molecule has 2 aromatic carbocycles. The first kappa shape index (κ1) is 18.1. The molecule has 0 aliphatic carbocycles. The number of halogens is 1. The second-order valence-corrected chi connectivity index (χ2v) is 7.64. The molecule has 1 aliphatic heterocycles. The summed E-state index contributed by atoms with van der Waals surface area (Å²) in [5, 5.41) is 4.94. The zero-order valence-corrected chi connectivity index (χ0v) is 16.2. The molecule has 1 unspecified atom stereocenters. The van der Waals surface area contributed by atoms with Crippen LogP contribution in [0.5, 0.6) is 0 Å². The largest absolute Gasteiger partial charge is 0.350 e. The lowest BCUT2D eigenvalue weighted by Gasteiger charge is -2.17. The van der Waals surface area contributed by atoms with Crippen LogP contribution >= 0.6 is 11.6 Å². The molecule has 5 heteroatoms. The Hall–Kier alpha value is -2.30. The summed E-state index contributed by atoms with van der Waals surface area (Å²) >= 11 is 6.14.